The summed E-state index contributed by atoms with van der Waals surface area (Å²) in [6.45, 7) is 2.57. The third-order valence-corrected chi connectivity index (χ3v) is 4.50. The van der Waals surface area contributed by atoms with Crippen molar-refractivity contribution in [1.29, 1.82) is 0 Å². The van der Waals surface area contributed by atoms with Gasteiger partial charge in [0, 0.05) is 16.7 Å². The van der Waals surface area contributed by atoms with Gasteiger partial charge in [0.15, 0.2) is 5.78 Å². The fourth-order valence-electron chi connectivity index (χ4n) is 3.02. The molecule has 0 spiro atoms. The van der Waals surface area contributed by atoms with E-state index in [1.807, 2.05) is 42.5 Å². The van der Waals surface area contributed by atoms with Gasteiger partial charge in [-0.1, -0.05) is 74.0 Å². The molecule has 28 heavy (non-hydrogen) atoms. The van der Waals surface area contributed by atoms with E-state index in [4.69, 9.17) is 10.5 Å². The Balaban J connectivity index is 2.03. The van der Waals surface area contributed by atoms with E-state index in [0.29, 0.717) is 29.0 Å². The van der Waals surface area contributed by atoms with E-state index in [-0.39, 0.29) is 5.78 Å². The summed E-state index contributed by atoms with van der Waals surface area (Å²) in [7, 11) is 0. The van der Waals surface area contributed by atoms with Gasteiger partial charge in [-0.25, -0.2) is 0 Å². The van der Waals surface area contributed by atoms with Gasteiger partial charge >= 0.3 is 0 Å². The van der Waals surface area contributed by atoms with E-state index >= 15 is 0 Å². The summed E-state index contributed by atoms with van der Waals surface area (Å²) in [6, 6.07) is 21.8. The molecule has 142 valence electrons. The molecule has 3 aromatic rings. The van der Waals surface area contributed by atoms with Gasteiger partial charge in [-0.15, -0.1) is 0 Å². The highest BCUT2D eigenvalue weighted by Gasteiger charge is 2.17. The maximum absolute atomic E-state index is 12.8. The van der Waals surface area contributed by atoms with Gasteiger partial charge in [-0.05, 0) is 24.1 Å². The number of amides is 1. The van der Waals surface area contributed by atoms with Crippen LogP contribution in [0.15, 0.2) is 72.8 Å². The van der Waals surface area contributed by atoms with Crippen molar-refractivity contribution in [3.8, 4) is 16.9 Å². The Morgan fingerprint density at radius 1 is 0.893 bits per heavy atom. The van der Waals surface area contributed by atoms with Crippen molar-refractivity contribution < 1.29 is 14.3 Å². The van der Waals surface area contributed by atoms with Crippen molar-refractivity contribution in [1.82, 2.24) is 0 Å². The van der Waals surface area contributed by atoms with Crippen molar-refractivity contribution in [3.05, 3.63) is 89.5 Å². The first-order valence-corrected chi connectivity index (χ1v) is 9.37. The van der Waals surface area contributed by atoms with Gasteiger partial charge in [0.1, 0.15) is 5.75 Å². The Morgan fingerprint density at radius 3 is 2.32 bits per heavy atom. The first-order chi connectivity index (χ1) is 13.6. The van der Waals surface area contributed by atoms with Gasteiger partial charge in [0.05, 0.1) is 12.2 Å². The normalized spacial score (nSPS) is 10.5. The van der Waals surface area contributed by atoms with Crippen LogP contribution in [0, 0.1) is 0 Å². The second-order valence-corrected chi connectivity index (χ2v) is 6.52. The number of carbonyl (C=O) groups excluding carboxylic acids is 2. The van der Waals surface area contributed by atoms with Crippen LogP contribution < -0.4 is 10.5 Å². The lowest BCUT2D eigenvalue weighted by Gasteiger charge is -2.15. The fraction of sp³-hybridized carbons (Fsp3) is 0.167. The van der Waals surface area contributed by atoms with E-state index in [0.717, 1.165) is 24.0 Å². The van der Waals surface area contributed by atoms with Crippen LogP contribution in [0.2, 0.25) is 0 Å². The van der Waals surface area contributed by atoms with Crippen LogP contribution in [0.3, 0.4) is 0 Å². The summed E-state index contributed by atoms with van der Waals surface area (Å²) in [5.74, 6) is -0.125. The van der Waals surface area contributed by atoms with Crippen LogP contribution >= 0.6 is 0 Å². The lowest BCUT2D eigenvalue weighted by atomic mass is 9.96. The van der Waals surface area contributed by atoms with Crippen LogP contribution in [-0.4, -0.2) is 18.3 Å². The lowest BCUT2D eigenvalue weighted by molar-refractivity contribution is 0.0994. The number of carbonyl (C=O) groups is 2. The number of hydrogen-bond donors (Lipinski definition) is 1. The van der Waals surface area contributed by atoms with Crippen LogP contribution in [0.25, 0.3) is 11.1 Å². The third kappa shape index (κ3) is 4.29. The monoisotopic (exact) mass is 373 g/mol. The molecule has 0 saturated carbocycles. The number of ether oxygens (including phenoxy) is 1. The number of primary amides is 1. The molecule has 0 bridgehead atoms. The highest BCUT2D eigenvalue weighted by atomic mass is 16.5. The van der Waals surface area contributed by atoms with Crippen molar-refractivity contribution in [2.24, 2.45) is 5.73 Å². The summed E-state index contributed by atoms with van der Waals surface area (Å²) in [4.78, 5) is 24.7. The summed E-state index contributed by atoms with van der Waals surface area (Å²) < 4.78 is 5.92. The summed E-state index contributed by atoms with van der Waals surface area (Å²) >= 11 is 0. The Bertz CT molecular complexity index is 980. The van der Waals surface area contributed by atoms with Crippen LogP contribution in [0.5, 0.6) is 5.75 Å². The van der Waals surface area contributed by atoms with E-state index in [2.05, 4.69) is 6.92 Å². The quantitative estimate of drug-likeness (QED) is 0.453. The molecule has 0 atom stereocenters. The Kier molecular flexibility index (Phi) is 6.22. The molecular weight excluding hydrogens is 350 g/mol. The average molecular weight is 373 g/mol. The van der Waals surface area contributed by atoms with Crippen molar-refractivity contribution in [2.45, 2.75) is 19.8 Å². The largest absolute Gasteiger partial charge is 0.492 e. The number of rotatable bonds is 8. The first kappa shape index (κ1) is 19.4. The molecule has 4 nitrogen and oxygen atoms in total. The third-order valence-electron chi connectivity index (χ3n) is 4.50. The molecule has 4 heteroatoms. The van der Waals surface area contributed by atoms with E-state index in [1.54, 1.807) is 30.3 Å². The second-order valence-electron chi connectivity index (χ2n) is 6.52. The van der Waals surface area contributed by atoms with E-state index < -0.39 is 5.91 Å². The molecule has 0 aromatic heterocycles. The fourth-order valence-corrected chi connectivity index (χ4v) is 3.02. The molecule has 2 N–H and O–H groups in total. The SMILES string of the molecule is CCCCOc1c(C(N)=O)cccc1-c1cccc(C(=O)c2ccccc2)c1. The van der Waals surface area contributed by atoms with Crippen molar-refractivity contribution in [2.75, 3.05) is 6.61 Å². The zero-order valence-electron chi connectivity index (χ0n) is 15.9. The van der Waals surface area contributed by atoms with Crippen molar-refractivity contribution >= 4 is 11.7 Å². The van der Waals surface area contributed by atoms with Gasteiger partial charge in [0.25, 0.3) is 5.91 Å². The highest BCUT2D eigenvalue weighted by Crippen LogP contribution is 2.34. The summed E-state index contributed by atoms with van der Waals surface area (Å²) in [5, 5.41) is 0. The maximum atomic E-state index is 12.8. The molecule has 0 aliphatic heterocycles. The predicted molar refractivity (Wildman–Crippen MR) is 111 cm³/mol. The number of benzene rings is 3. The van der Waals surface area contributed by atoms with Gasteiger partial charge in [0.2, 0.25) is 0 Å². The standard InChI is InChI=1S/C24H23NO3/c1-2-3-15-28-23-20(13-8-14-21(23)24(25)27)18-11-7-12-19(16-18)22(26)17-9-5-4-6-10-17/h4-14,16H,2-3,15H2,1H3,(H2,25,27). The molecule has 0 saturated heterocycles. The molecule has 0 fully saturated rings. The molecule has 0 unspecified atom stereocenters. The van der Waals surface area contributed by atoms with Crippen LogP contribution in [0.4, 0.5) is 0 Å². The molecular formula is C24H23NO3. The maximum Gasteiger partial charge on any atom is 0.252 e. The molecule has 3 aromatic carbocycles. The van der Waals surface area contributed by atoms with Crippen molar-refractivity contribution in [3.63, 3.8) is 0 Å². The minimum absolute atomic E-state index is 0.0537. The lowest BCUT2D eigenvalue weighted by Crippen LogP contribution is -2.14. The number of ketones is 1. The summed E-state index contributed by atoms with van der Waals surface area (Å²) in [5.41, 5.74) is 8.64. The predicted octanol–water partition coefficient (Wildman–Crippen LogP) is 4.86. The van der Waals surface area contributed by atoms with Gasteiger partial charge in [-0.2, -0.15) is 0 Å². The van der Waals surface area contributed by atoms with Crippen LogP contribution in [0.1, 0.15) is 46.0 Å². The van der Waals surface area contributed by atoms with Crippen LogP contribution in [-0.2, 0) is 0 Å². The first-order valence-electron chi connectivity index (χ1n) is 9.37. The van der Waals surface area contributed by atoms with Gasteiger partial charge in [-0.3, -0.25) is 9.59 Å². The smallest absolute Gasteiger partial charge is 0.252 e. The topological polar surface area (TPSA) is 69.4 Å². The Labute approximate surface area is 165 Å². The minimum atomic E-state index is -0.537. The molecule has 1 amide bonds. The molecule has 0 aliphatic rings. The molecule has 0 heterocycles. The molecule has 0 radical (unpaired) electrons. The average Bonchev–Trinajstić information content (AvgIpc) is 2.74. The number of unbranched alkanes of at least 4 members (excludes halogenated alkanes) is 1. The molecule has 3 rings (SSSR count). The number of hydrogen-bond acceptors (Lipinski definition) is 3. The van der Waals surface area contributed by atoms with E-state index in [9.17, 15) is 9.59 Å². The second kappa shape index (κ2) is 9.00. The van der Waals surface area contributed by atoms with Gasteiger partial charge < -0.3 is 10.5 Å². The zero-order valence-corrected chi connectivity index (χ0v) is 15.9. The molecule has 0 aliphatic carbocycles. The Morgan fingerprint density at radius 2 is 1.61 bits per heavy atom. The zero-order chi connectivity index (χ0) is 19.9. The number of nitrogens with two attached hydrogens (primary N) is 1. The summed E-state index contributed by atoms with van der Waals surface area (Å²) in [6.07, 6.45) is 1.86. The number of para-hydroxylation sites is 1. The highest BCUT2D eigenvalue weighted by molar-refractivity contribution is 6.09. The van der Waals surface area contributed by atoms with E-state index in [1.165, 1.54) is 0 Å². The minimum Gasteiger partial charge on any atom is -0.492 e. The Hall–Kier alpha value is -3.40.